The minimum atomic E-state index is -0.766. The summed E-state index contributed by atoms with van der Waals surface area (Å²) in [7, 11) is 0. The predicted molar refractivity (Wildman–Crippen MR) is 326 cm³/mol. The van der Waals surface area contributed by atoms with E-state index in [9.17, 15) is 14.4 Å². The molecule has 0 amide bonds. The Morgan fingerprint density at radius 2 is 0.480 bits per heavy atom. The highest BCUT2D eigenvalue weighted by Gasteiger charge is 2.19. The van der Waals surface area contributed by atoms with E-state index in [-0.39, 0.29) is 31.1 Å². The van der Waals surface area contributed by atoms with E-state index in [1.807, 2.05) is 0 Å². The first-order valence-corrected chi connectivity index (χ1v) is 33.8. The molecule has 0 saturated carbocycles. The van der Waals surface area contributed by atoms with Crippen molar-refractivity contribution < 1.29 is 28.6 Å². The third kappa shape index (κ3) is 62.6. The van der Waals surface area contributed by atoms with Crippen LogP contribution in [0.25, 0.3) is 0 Å². The fourth-order valence-electron chi connectivity index (χ4n) is 10.4. The second-order valence-electron chi connectivity index (χ2n) is 23.1. The predicted octanol–water partition coefficient (Wildman–Crippen LogP) is 23.0. The van der Waals surface area contributed by atoms with Gasteiger partial charge in [-0.05, 0) is 51.4 Å². The first-order valence-electron chi connectivity index (χ1n) is 33.8. The number of ether oxygens (including phenoxy) is 3. The molecule has 0 bridgehead atoms. The van der Waals surface area contributed by atoms with Crippen molar-refractivity contribution in [2.45, 2.75) is 386 Å². The van der Waals surface area contributed by atoms with E-state index in [0.717, 1.165) is 70.6 Å². The molecule has 0 aromatic carbocycles. The molecule has 1 atom stereocenters. The van der Waals surface area contributed by atoms with Crippen LogP contribution in [0.2, 0.25) is 0 Å². The lowest BCUT2D eigenvalue weighted by Gasteiger charge is -2.18. The molecule has 0 radical (unpaired) electrons. The quantitative estimate of drug-likeness (QED) is 0.0261. The van der Waals surface area contributed by atoms with Gasteiger partial charge in [-0.3, -0.25) is 14.4 Å². The largest absolute Gasteiger partial charge is 0.462 e. The van der Waals surface area contributed by atoms with Gasteiger partial charge >= 0.3 is 17.9 Å². The molecule has 0 aromatic heterocycles. The van der Waals surface area contributed by atoms with Crippen LogP contribution in [-0.4, -0.2) is 37.2 Å². The van der Waals surface area contributed by atoms with Crippen molar-refractivity contribution in [2.24, 2.45) is 0 Å². The number of hydrogen-bond acceptors (Lipinski definition) is 6. The van der Waals surface area contributed by atoms with Crippen molar-refractivity contribution in [3.63, 3.8) is 0 Å². The fraction of sp³-hybridized carbons (Fsp3) is 0.899. The first kappa shape index (κ1) is 72.9. The fourth-order valence-corrected chi connectivity index (χ4v) is 10.4. The molecule has 0 aliphatic carbocycles. The van der Waals surface area contributed by atoms with Gasteiger partial charge in [0.25, 0.3) is 0 Å². The van der Waals surface area contributed by atoms with Crippen molar-refractivity contribution in [2.75, 3.05) is 13.2 Å². The lowest BCUT2D eigenvalue weighted by Crippen LogP contribution is -2.30. The van der Waals surface area contributed by atoms with Gasteiger partial charge in [-0.2, -0.15) is 0 Å². The van der Waals surface area contributed by atoms with Gasteiger partial charge in [-0.25, -0.2) is 0 Å². The van der Waals surface area contributed by atoms with E-state index < -0.39 is 6.10 Å². The van der Waals surface area contributed by atoms with Crippen LogP contribution in [0, 0.1) is 0 Å². The minimum absolute atomic E-state index is 0.0673. The second kappa shape index (κ2) is 64.4. The number of unbranched alkanes of at least 4 members (excludes halogenated alkanes) is 48. The van der Waals surface area contributed by atoms with E-state index in [4.69, 9.17) is 14.2 Å². The van der Waals surface area contributed by atoms with Gasteiger partial charge in [0.15, 0.2) is 6.10 Å². The Kier molecular flexibility index (Phi) is 62.6. The van der Waals surface area contributed by atoms with Gasteiger partial charge in [0.1, 0.15) is 13.2 Å². The molecule has 442 valence electrons. The number of rotatable bonds is 63. The molecule has 0 aliphatic heterocycles. The maximum Gasteiger partial charge on any atom is 0.306 e. The molecule has 0 fully saturated rings. The van der Waals surface area contributed by atoms with Crippen molar-refractivity contribution in [3.8, 4) is 0 Å². The Labute approximate surface area is 468 Å². The smallest absolute Gasteiger partial charge is 0.306 e. The topological polar surface area (TPSA) is 78.9 Å². The maximum absolute atomic E-state index is 12.8. The average molecular weight is 1060 g/mol. The van der Waals surface area contributed by atoms with E-state index in [0.29, 0.717) is 19.3 Å². The molecular weight excluding hydrogens is 925 g/mol. The summed E-state index contributed by atoms with van der Waals surface area (Å²) in [6.45, 7) is 6.61. The number of allylic oxidation sites excluding steroid dienone is 4. The molecule has 6 heteroatoms. The number of esters is 3. The molecule has 6 nitrogen and oxygen atoms in total. The molecule has 0 saturated heterocycles. The number of carbonyl (C=O) groups is 3. The van der Waals surface area contributed by atoms with Crippen LogP contribution in [0.5, 0.6) is 0 Å². The van der Waals surface area contributed by atoms with Crippen LogP contribution in [-0.2, 0) is 28.6 Å². The zero-order valence-corrected chi connectivity index (χ0v) is 50.8. The van der Waals surface area contributed by atoms with E-state index in [2.05, 4.69) is 45.1 Å². The summed E-state index contributed by atoms with van der Waals surface area (Å²) in [6, 6.07) is 0. The summed E-state index contributed by atoms with van der Waals surface area (Å²) in [6.07, 6.45) is 78.3. The third-order valence-electron chi connectivity index (χ3n) is 15.5. The SMILES string of the molecule is CCCCCCC/C=C\C/C=C\CCCCCCCCCCCCCC(=O)OC(COC(=O)CCCCCCC)COC(=O)CCCCCCCCCCCCCCCCCCCCCCCCCCCCCCC. The molecule has 0 aliphatic rings. The van der Waals surface area contributed by atoms with Gasteiger partial charge in [-0.1, -0.05) is 334 Å². The van der Waals surface area contributed by atoms with Gasteiger partial charge < -0.3 is 14.2 Å². The summed E-state index contributed by atoms with van der Waals surface area (Å²) in [4.78, 5) is 38.0. The van der Waals surface area contributed by atoms with E-state index >= 15 is 0 Å². The Morgan fingerprint density at radius 1 is 0.267 bits per heavy atom. The molecule has 1 unspecified atom stereocenters. The van der Waals surface area contributed by atoms with Crippen molar-refractivity contribution in [1.82, 2.24) is 0 Å². The highest BCUT2D eigenvalue weighted by Crippen LogP contribution is 2.18. The molecule has 0 aromatic rings. The zero-order valence-electron chi connectivity index (χ0n) is 50.8. The highest BCUT2D eigenvalue weighted by molar-refractivity contribution is 5.71. The summed E-state index contributed by atoms with van der Waals surface area (Å²) in [5.41, 5.74) is 0. The van der Waals surface area contributed by atoms with Crippen molar-refractivity contribution in [1.29, 1.82) is 0 Å². The molecule has 0 heterocycles. The molecular formula is C69H130O6. The van der Waals surface area contributed by atoms with Crippen LogP contribution in [0.1, 0.15) is 380 Å². The zero-order chi connectivity index (χ0) is 54.3. The normalized spacial score (nSPS) is 12.1. The van der Waals surface area contributed by atoms with Gasteiger partial charge in [-0.15, -0.1) is 0 Å². The maximum atomic E-state index is 12.8. The van der Waals surface area contributed by atoms with Crippen molar-refractivity contribution >= 4 is 17.9 Å². The minimum Gasteiger partial charge on any atom is -0.462 e. The molecule has 0 rings (SSSR count). The van der Waals surface area contributed by atoms with Gasteiger partial charge in [0.05, 0.1) is 0 Å². The Morgan fingerprint density at radius 3 is 0.733 bits per heavy atom. The van der Waals surface area contributed by atoms with Crippen molar-refractivity contribution in [3.05, 3.63) is 24.3 Å². The van der Waals surface area contributed by atoms with E-state index in [1.54, 1.807) is 0 Å². The molecule has 0 N–H and O–H groups in total. The summed E-state index contributed by atoms with van der Waals surface area (Å²) in [5.74, 6) is -0.859. The van der Waals surface area contributed by atoms with Crippen LogP contribution < -0.4 is 0 Å². The van der Waals surface area contributed by atoms with Gasteiger partial charge in [0, 0.05) is 19.3 Å². The highest BCUT2D eigenvalue weighted by atomic mass is 16.6. The first-order chi connectivity index (χ1) is 37.0. The second-order valence-corrected chi connectivity index (χ2v) is 23.1. The Balaban J connectivity index is 3.93. The summed E-state index contributed by atoms with van der Waals surface area (Å²) >= 11 is 0. The van der Waals surface area contributed by atoms with Crippen LogP contribution in [0.4, 0.5) is 0 Å². The van der Waals surface area contributed by atoms with E-state index in [1.165, 1.54) is 270 Å². The monoisotopic (exact) mass is 1050 g/mol. The Hall–Kier alpha value is -2.11. The lowest BCUT2D eigenvalue weighted by atomic mass is 10.0. The lowest BCUT2D eigenvalue weighted by molar-refractivity contribution is -0.167. The standard InChI is InChI=1S/C69H130O6/c1-4-7-10-13-15-17-19-21-23-25-27-29-31-32-33-34-35-36-38-39-41-43-45-47-49-51-53-56-59-62-68(71)74-65-66(64-73-67(70)61-58-55-12-9-6-3)75-69(72)63-60-57-54-52-50-48-46-44-42-40-37-30-28-26-24-22-20-18-16-14-11-8-5-2/h20,22,26,28,66H,4-19,21,23-25,27,29-65H2,1-3H3/b22-20-,28-26-. The Bertz CT molecular complexity index is 1210. The van der Waals surface area contributed by atoms with Crippen LogP contribution in [0.15, 0.2) is 24.3 Å². The van der Waals surface area contributed by atoms with Crippen LogP contribution >= 0.6 is 0 Å². The molecule has 0 spiro atoms. The third-order valence-corrected chi connectivity index (χ3v) is 15.5. The van der Waals surface area contributed by atoms with Crippen LogP contribution in [0.3, 0.4) is 0 Å². The van der Waals surface area contributed by atoms with Gasteiger partial charge in [0.2, 0.25) is 0 Å². The summed E-state index contributed by atoms with van der Waals surface area (Å²) in [5, 5.41) is 0. The molecule has 75 heavy (non-hydrogen) atoms. The number of hydrogen-bond donors (Lipinski definition) is 0. The number of carbonyl (C=O) groups excluding carboxylic acids is 3. The summed E-state index contributed by atoms with van der Waals surface area (Å²) < 4.78 is 16.8. The average Bonchev–Trinajstić information content (AvgIpc) is 3.41.